The fraction of sp³-hybridized carbons (Fsp3) is 0.591. The van der Waals surface area contributed by atoms with Crippen molar-refractivity contribution in [3.8, 4) is 0 Å². The molecule has 0 rings (SSSR count). The van der Waals surface area contributed by atoms with Gasteiger partial charge in [0.15, 0.2) is 12.2 Å². The number of aliphatic hydroxyl groups excluding tert-OH is 1. The third kappa shape index (κ3) is 81.6. The predicted molar refractivity (Wildman–Crippen MR) is 463 cm³/mol. The number of hydrogen-bond acceptors (Lipinski definition) is 15. The first-order valence-electron chi connectivity index (χ1n) is 42.3. The van der Waals surface area contributed by atoms with Crippen molar-refractivity contribution in [2.24, 2.45) is 0 Å². The summed E-state index contributed by atoms with van der Waals surface area (Å²) >= 11 is 0. The molecule has 632 valence electrons. The van der Waals surface area contributed by atoms with Crippen LogP contribution in [0.25, 0.3) is 0 Å². The Labute approximate surface area is 678 Å². The lowest BCUT2D eigenvalue weighted by atomic mass is 10.1. The van der Waals surface area contributed by atoms with Crippen LogP contribution in [0.5, 0.6) is 0 Å². The van der Waals surface area contributed by atoms with Gasteiger partial charge in [0.25, 0.3) is 0 Å². The second-order valence-corrected chi connectivity index (χ2v) is 30.2. The van der Waals surface area contributed by atoms with Crippen LogP contribution in [0, 0.1) is 0 Å². The molecule has 0 aliphatic carbocycles. The minimum atomic E-state index is -5.03. The molecule has 0 fully saturated rings. The SMILES string of the molecule is CC/C=C\C/C=C\C/C=C\C/C=C\C/C=C\CCCCCC(=O)OC[C@H](COP(=O)(O)OC[C@@H](O)COP(=O)(O)OC[C@@H](COC(=O)CCCCCCC/C=C\C/C=C\CCCCC)OC(=O)CC/C=C\C/C=C\C/C=C\C/C=C\C/C=C\CCCCC)OC(=O)CC/C=C\C/C=C\C/C=C\C/C=C\C/C=C\CCCCC. The van der Waals surface area contributed by atoms with Gasteiger partial charge in [0.2, 0.25) is 0 Å². The molecule has 0 aliphatic heterocycles. The van der Waals surface area contributed by atoms with Crippen LogP contribution in [0.1, 0.15) is 297 Å². The molecule has 0 radical (unpaired) electrons. The van der Waals surface area contributed by atoms with Crippen molar-refractivity contribution >= 4 is 39.5 Å². The second kappa shape index (κ2) is 82.6. The van der Waals surface area contributed by atoms with Gasteiger partial charge in [-0.1, -0.05) is 298 Å². The minimum Gasteiger partial charge on any atom is -0.462 e. The zero-order valence-electron chi connectivity index (χ0n) is 69.3. The Hall–Kier alpha value is -6.36. The molecular weight excluding hydrogens is 1450 g/mol. The summed E-state index contributed by atoms with van der Waals surface area (Å²) in [5.74, 6) is -2.44. The van der Waals surface area contributed by atoms with Crippen LogP contribution in [-0.2, 0) is 65.4 Å². The monoisotopic (exact) mass is 1600 g/mol. The van der Waals surface area contributed by atoms with Gasteiger partial charge in [-0.05, 0) is 180 Å². The molecule has 112 heavy (non-hydrogen) atoms. The average Bonchev–Trinajstić information content (AvgIpc) is 0.908. The van der Waals surface area contributed by atoms with Crippen LogP contribution in [0.2, 0.25) is 0 Å². The lowest BCUT2D eigenvalue weighted by Gasteiger charge is -2.21. The number of phosphoric ester groups is 2. The molecule has 0 aromatic rings. The summed E-state index contributed by atoms with van der Waals surface area (Å²) in [6, 6.07) is 0. The van der Waals surface area contributed by atoms with Gasteiger partial charge in [-0.25, -0.2) is 9.13 Å². The highest BCUT2D eigenvalue weighted by Gasteiger charge is 2.30. The summed E-state index contributed by atoms with van der Waals surface area (Å²) in [6.07, 6.45) is 104. The molecule has 0 saturated carbocycles. The highest BCUT2D eigenvalue weighted by Crippen LogP contribution is 2.45. The smallest absolute Gasteiger partial charge is 0.462 e. The first-order chi connectivity index (χ1) is 54.7. The van der Waals surface area contributed by atoms with Crippen LogP contribution in [0.4, 0.5) is 0 Å². The molecule has 19 heteroatoms. The number of aliphatic hydroxyl groups is 1. The minimum absolute atomic E-state index is 0.0422. The molecule has 0 aromatic carbocycles. The molecule has 3 N–H and O–H groups in total. The van der Waals surface area contributed by atoms with Gasteiger partial charge in [0.05, 0.1) is 26.4 Å². The van der Waals surface area contributed by atoms with Crippen molar-refractivity contribution in [3.63, 3.8) is 0 Å². The molecule has 5 atom stereocenters. The van der Waals surface area contributed by atoms with E-state index >= 15 is 0 Å². The number of hydrogen-bond donors (Lipinski definition) is 3. The van der Waals surface area contributed by atoms with E-state index < -0.39 is 97.5 Å². The molecule has 0 aromatic heterocycles. The van der Waals surface area contributed by atoms with E-state index in [2.05, 4.69) is 198 Å². The molecule has 17 nitrogen and oxygen atoms in total. The summed E-state index contributed by atoms with van der Waals surface area (Å²) < 4.78 is 68.6. The van der Waals surface area contributed by atoms with E-state index in [-0.39, 0.29) is 25.7 Å². The molecule has 0 bridgehead atoms. The van der Waals surface area contributed by atoms with Gasteiger partial charge >= 0.3 is 39.5 Å². The molecule has 0 spiro atoms. The van der Waals surface area contributed by atoms with Gasteiger partial charge < -0.3 is 33.8 Å². The van der Waals surface area contributed by atoms with Crippen LogP contribution in [0.3, 0.4) is 0 Å². The Balaban J connectivity index is 5.59. The zero-order valence-corrected chi connectivity index (χ0v) is 71.0. The fourth-order valence-corrected chi connectivity index (χ4v) is 11.9. The van der Waals surface area contributed by atoms with Crippen molar-refractivity contribution in [1.29, 1.82) is 0 Å². The first-order valence-corrected chi connectivity index (χ1v) is 45.3. The Bertz CT molecular complexity index is 2940. The van der Waals surface area contributed by atoms with E-state index in [1.165, 1.54) is 57.8 Å². The van der Waals surface area contributed by atoms with E-state index in [1.807, 2.05) is 36.5 Å². The van der Waals surface area contributed by atoms with Crippen LogP contribution in [0.15, 0.2) is 207 Å². The number of ether oxygens (including phenoxy) is 4. The Morgan fingerprint density at radius 3 is 0.759 bits per heavy atom. The predicted octanol–water partition coefficient (Wildman–Crippen LogP) is 25.4. The van der Waals surface area contributed by atoms with Gasteiger partial charge in [0.1, 0.15) is 19.3 Å². The highest BCUT2D eigenvalue weighted by atomic mass is 31.2. The average molecular weight is 1600 g/mol. The summed E-state index contributed by atoms with van der Waals surface area (Å²) in [5, 5.41) is 10.7. The molecule has 2 unspecified atom stereocenters. The summed E-state index contributed by atoms with van der Waals surface area (Å²) in [5.41, 5.74) is 0. The Morgan fingerprint density at radius 1 is 0.259 bits per heavy atom. The van der Waals surface area contributed by atoms with Crippen molar-refractivity contribution in [2.45, 2.75) is 316 Å². The quantitative estimate of drug-likeness (QED) is 0.0169. The maximum Gasteiger partial charge on any atom is 0.472 e. The Morgan fingerprint density at radius 2 is 0.482 bits per heavy atom. The summed E-state index contributed by atoms with van der Waals surface area (Å²) in [4.78, 5) is 73.2. The van der Waals surface area contributed by atoms with Crippen molar-refractivity contribution in [1.82, 2.24) is 0 Å². The number of carbonyl (C=O) groups excluding carboxylic acids is 4. The van der Waals surface area contributed by atoms with E-state index in [1.54, 1.807) is 0 Å². The lowest BCUT2D eigenvalue weighted by Crippen LogP contribution is -2.30. The van der Waals surface area contributed by atoms with Crippen LogP contribution >= 0.6 is 15.6 Å². The van der Waals surface area contributed by atoms with Crippen LogP contribution < -0.4 is 0 Å². The van der Waals surface area contributed by atoms with Gasteiger partial charge in [-0.3, -0.25) is 37.3 Å². The Kier molecular flexibility index (Phi) is 77.9. The molecule has 0 amide bonds. The first kappa shape index (κ1) is 106. The number of rotatable bonds is 77. The third-order valence-electron chi connectivity index (χ3n) is 16.7. The topological polar surface area (TPSA) is 237 Å². The van der Waals surface area contributed by atoms with E-state index in [9.17, 15) is 43.2 Å². The number of phosphoric acid groups is 2. The number of allylic oxidation sites excluding steroid dienone is 34. The van der Waals surface area contributed by atoms with Gasteiger partial charge in [0, 0.05) is 25.7 Å². The second-order valence-electron chi connectivity index (χ2n) is 27.3. The maximum atomic E-state index is 13.1. The zero-order chi connectivity index (χ0) is 81.7. The van der Waals surface area contributed by atoms with Crippen LogP contribution in [-0.4, -0.2) is 96.7 Å². The van der Waals surface area contributed by atoms with E-state index in [0.29, 0.717) is 38.5 Å². The van der Waals surface area contributed by atoms with Gasteiger partial charge in [-0.15, -0.1) is 0 Å². The lowest BCUT2D eigenvalue weighted by molar-refractivity contribution is -0.161. The highest BCUT2D eigenvalue weighted by molar-refractivity contribution is 7.47. The standard InChI is InChI=1S/C93H148O17P2/c1-5-9-13-17-21-25-29-33-37-40-43-46-50-54-58-62-66-70-74-78-91(96)104-84-89(110-93(98)80-76-72-68-64-60-56-52-48-45-42-39-35-31-27-23-19-15-11-7-3)86-108-112(101,102)106-82-87(94)81-105-111(99,100)107-85-88(83-103-90(95)77-73-69-65-61-57-53-49-36-32-28-24-20-16-12-8-4)109-92(97)79-75-71-67-63-59-55-51-47-44-41-38-34-30-26-22-18-14-10-6-2/h9,13,21-28,33-39,43-49,54-56,58-60,67-68,71-72,87-89,94H,5-8,10-12,14-20,29-32,40-42,50-53,57,61-66,69-70,73-86H2,1-4H3,(H,99,100)(H,101,102)/b13-9-,25-21-,26-22-,27-23-,28-24-,37-33-,38-34-,39-35-,46-43-,47-44-,48-45-,49-36-,58-54-,59-55-,60-56-,71-67-,72-68-/t87-,88+,89+/m0/s1. The van der Waals surface area contributed by atoms with Crippen molar-refractivity contribution in [2.75, 3.05) is 39.6 Å². The van der Waals surface area contributed by atoms with Gasteiger partial charge in [-0.2, -0.15) is 0 Å². The maximum absolute atomic E-state index is 13.1. The number of carbonyl (C=O) groups is 4. The number of esters is 4. The largest absolute Gasteiger partial charge is 0.472 e. The van der Waals surface area contributed by atoms with Crippen molar-refractivity contribution < 1.29 is 80.2 Å². The van der Waals surface area contributed by atoms with E-state index in [0.717, 1.165) is 148 Å². The molecule has 0 heterocycles. The van der Waals surface area contributed by atoms with E-state index in [4.69, 9.17) is 37.0 Å². The van der Waals surface area contributed by atoms with Crippen molar-refractivity contribution in [3.05, 3.63) is 207 Å². The molecule has 0 saturated heterocycles. The fourth-order valence-electron chi connectivity index (χ4n) is 10.3. The number of unbranched alkanes of at least 4 members (excludes halogenated alkanes) is 17. The third-order valence-corrected chi connectivity index (χ3v) is 18.6. The molecule has 0 aliphatic rings. The summed E-state index contributed by atoms with van der Waals surface area (Å²) in [7, 11) is -10.1. The normalized spacial score (nSPS) is 14.8. The molecular formula is C93H148O17P2. The summed E-state index contributed by atoms with van der Waals surface area (Å²) in [6.45, 7) is 4.44.